The van der Waals surface area contributed by atoms with Crippen LogP contribution in [-0.2, 0) is 14.3 Å². The van der Waals surface area contributed by atoms with E-state index in [1.54, 1.807) is 0 Å². The number of carbonyl (C=O) groups excluding carboxylic acids is 1. The number of unbranched alkanes of at least 4 members (excludes halogenated alkanes) is 3. The lowest BCUT2D eigenvalue weighted by Gasteiger charge is -2.07. The molecule has 0 unspecified atom stereocenters. The molecule has 0 saturated carbocycles. The molecule has 0 fully saturated rings. The predicted octanol–water partition coefficient (Wildman–Crippen LogP) is 3.26. The molecule has 0 aromatic carbocycles. The van der Waals surface area contributed by atoms with Crippen LogP contribution in [0.25, 0.3) is 0 Å². The van der Waals surface area contributed by atoms with Crippen LogP contribution in [0.5, 0.6) is 0 Å². The normalized spacial score (nSPS) is 10.0. The van der Waals surface area contributed by atoms with Crippen molar-refractivity contribution in [3.63, 3.8) is 0 Å². The maximum atomic E-state index is 11.4. The number of ether oxygens (including phenoxy) is 2. The van der Waals surface area contributed by atoms with E-state index >= 15 is 0 Å². The predicted molar refractivity (Wildman–Crippen MR) is 69.9 cm³/mol. The highest BCUT2D eigenvalue weighted by atomic mass is 16.5. The van der Waals surface area contributed by atoms with Gasteiger partial charge in [0.15, 0.2) is 0 Å². The maximum Gasteiger partial charge on any atom is 0.335 e. The van der Waals surface area contributed by atoms with E-state index in [4.69, 9.17) is 9.47 Å². The van der Waals surface area contributed by atoms with Crippen LogP contribution >= 0.6 is 0 Å². The number of hydrogen-bond donors (Lipinski definition) is 0. The lowest BCUT2D eigenvalue weighted by atomic mass is 10.2. The molecule has 3 nitrogen and oxygen atoms in total. The standard InChI is InChI=1S/C14H24O3/c1-5-6-7-8-9-17-14(15)13(4)11-16-10-12(2)3/h2,4-11H2,1,3H3. The van der Waals surface area contributed by atoms with Crippen molar-refractivity contribution in [1.29, 1.82) is 0 Å². The quantitative estimate of drug-likeness (QED) is 0.254. The van der Waals surface area contributed by atoms with Gasteiger partial charge in [-0.25, -0.2) is 4.79 Å². The van der Waals surface area contributed by atoms with Gasteiger partial charge in [-0.05, 0) is 13.3 Å². The Kier molecular flexibility index (Phi) is 9.44. The molecule has 0 aromatic rings. The zero-order valence-electron chi connectivity index (χ0n) is 11.1. The smallest absolute Gasteiger partial charge is 0.335 e. The summed E-state index contributed by atoms with van der Waals surface area (Å²) in [5.41, 5.74) is 1.28. The van der Waals surface area contributed by atoms with Gasteiger partial charge in [0.05, 0.1) is 25.4 Å². The first-order valence-corrected chi connectivity index (χ1v) is 6.15. The molecule has 0 rings (SSSR count). The van der Waals surface area contributed by atoms with Crippen LogP contribution in [0.2, 0.25) is 0 Å². The fourth-order valence-corrected chi connectivity index (χ4v) is 1.20. The van der Waals surface area contributed by atoms with Crippen LogP contribution in [0.3, 0.4) is 0 Å². The number of carbonyl (C=O) groups is 1. The first-order chi connectivity index (χ1) is 8.07. The molecule has 0 aliphatic heterocycles. The second-order valence-corrected chi connectivity index (χ2v) is 4.25. The van der Waals surface area contributed by atoms with Crippen molar-refractivity contribution in [3.8, 4) is 0 Å². The Morgan fingerprint density at radius 3 is 2.41 bits per heavy atom. The summed E-state index contributed by atoms with van der Waals surface area (Å²) in [5.74, 6) is -0.358. The van der Waals surface area contributed by atoms with E-state index in [9.17, 15) is 4.79 Å². The van der Waals surface area contributed by atoms with Crippen molar-refractivity contribution >= 4 is 5.97 Å². The molecule has 0 atom stereocenters. The monoisotopic (exact) mass is 240 g/mol. The first-order valence-electron chi connectivity index (χ1n) is 6.15. The van der Waals surface area contributed by atoms with Gasteiger partial charge in [0.1, 0.15) is 0 Å². The van der Waals surface area contributed by atoms with Crippen LogP contribution in [0.4, 0.5) is 0 Å². The Hall–Kier alpha value is -1.09. The molecule has 0 N–H and O–H groups in total. The largest absolute Gasteiger partial charge is 0.462 e. The number of esters is 1. The van der Waals surface area contributed by atoms with Gasteiger partial charge in [0.2, 0.25) is 0 Å². The third kappa shape index (κ3) is 9.82. The molecule has 3 heteroatoms. The van der Waals surface area contributed by atoms with E-state index in [0.717, 1.165) is 18.4 Å². The molecular formula is C14H24O3. The molecule has 0 radical (unpaired) electrons. The van der Waals surface area contributed by atoms with Crippen LogP contribution in [-0.4, -0.2) is 25.8 Å². The highest BCUT2D eigenvalue weighted by Crippen LogP contribution is 2.02. The molecule has 0 bridgehead atoms. The first kappa shape index (κ1) is 15.9. The van der Waals surface area contributed by atoms with Crippen molar-refractivity contribution in [3.05, 3.63) is 24.3 Å². The highest BCUT2D eigenvalue weighted by Gasteiger charge is 2.08. The van der Waals surface area contributed by atoms with Crippen LogP contribution < -0.4 is 0 Å². The minimum atomic E-state index is -0.358. The fraction of sp³-hybridized carbons (Fsp3) is 0.643. The molecule has 0 heterocycles. The van der Waals surface area contributed by atoms with Gasteiger partial charge < -0.3 is 9.47 Å². The summed E-state index contributed by atoms with van der Waals surface area (Å²) in [6.07, 6.45) is 4.37. The Morgan fingerprint density at radius 1 is 1.12 bits per heavy atom. The molecule has 0 aliphatic rings. The van der Waals surface area contributed by atoms with Gasteiger partial charge in [-0.3, -0.25) is 0 Å². The van der Waals surface area contributed by atoms with Crippen molar-refractivity contribution in [1.82, 2.24) is 0 Å². The summed E-state index contributed by atoms with van der Waals surface area (Å²) in [6, 6.07) is 0. The van der Waals surface area contributed by atoms with Gasteiger partial charge in [0.25, 0.3) is 0 Å². The molecule has 98 valence electrons. The molecule has 0 saturated heterocycles. The molecular weight excluding hydrogens is 216 g/mol. The summed E-state index contributed by atoms with van der Waals surface area (Å²) in [5, 5.41) is 0. The Bertz CT molecular complexity index is 256. The number of hydrogen-bond acceptors (Lipinski definition) is 3. The van der Waals surface area contributed by atoms with Crippen molar-refractivity contribution in [2.24, 2.45) is 0 Å². The molecule has 0 aromatic heterocycles. The van der Waals surface area contributed by atoms with Crippen molar-refractivity contribution in [2.75, 3.05) is 19.8 Å². The average Bonchev–Trinajstić information content (AvgIpc) is 2.27. The summed E-state index contributed by atoms with van der Waals surface area (Å²) in [6.45, 7) is 12.5. The van der Waals surface area contributed by atoms with Gasteiger partial charge in [-0.15, -0.1) is 0 Å². The average molecular weight is 240 g/mol. The van der Waals surface area contributed by atoms with E-state index in [1.165, 1.54) is 12.8 Å². The Balaban J connectivity index is 3.54. The van der Waals surface area contributed by atoms with E-state index < -0.39 is 0 Å². The lowest BCUT2D eigenvalue weighted by molar-refractivity contribution is -0.139. The molecule has 0 spiro atoms. The summed E-state index contributed by atoms with van der Waals surface area (Å²) in [4.78, 5) is 11.4. The summed E-state index contributed by atoms with van der Waals surface area (Å²) >= 11 is 0. The minimum Gasteiger partial charge on any atom is -0.462 e. The zero-order chi connectivity index (χ0) is 13.1. The van der Waals surface area contributed by atoms with Gasteiger partial charge in [-0.1, -0.05) is 44.9 Å². The third-order valence-electron chi connectivity index (χ3n) is 2.14. The van der Waals surface area contributed by atoms with Crippen molar-refractivity contribution in [2.45, 2.75) is 39.5 Å². The zero-order valence-corrected chi connectivity index (χ0v) is 11.1. The molecule has 0 aliphatic carbocycles. The highest BCUT2D eigenvalue weighted by molar-refractivity contribution is 5.87. The second kappa shape index (κ2) is 10.1. The van der Waals surface area contributed by atoms with Crippen LogP contribution in [0.1, 0.15) is 39.5 Å². The second-order valence-electron chi connectivity index (χ2n) is 4.25. The topological polar surface area (TPSA) is 35.5 Å². The Morgan fingerprint density at radius 2 is 1.82 bits per heavy atom. The van der Waals surface area contributed by atoms with E-state index in [2.05, 4.69) is 20.1 Å². The van der Waals surface area contributed by atoms with E-state index in [-0.39, 0.29) is 12.6 Å². The SMILES string of the molecule is C=C(C)COCC(=C)C(=O)OCCCCCC. The van der Waals surface area contributed by atoms with Crippen LogP contribution in [0.15, 0.2) is 24.3 Å². The molecule has 0 amide bonds. The van der Waals surface area contributed by atoms with Crippen molar-refractivity contribution < 1.29 is 14.3 Å². The fourth-order valence-electron chi connectivity index (χ4n) is 1.20. The van der Waals surface area contributed by atoms with Gasteiger partial charge >= 0.3 is 5.97 Å². The lowest BCUT2D eigenvalue weighted by Crippen LogP contribution is -2.13. The number of rotatable bonds is 10. The third-order valence-corrected chi connectivity index (χ3v) is 2.14. The van der Waals surface area contributed by atoms with Gasteiger partial charge in [-0.2, -0.15) is 0 Å². The van der Waals surface area contributed by atoms with Gasteiger partial charge in [0, 0.05) is 0 Å². The van der Waals surface area contributed by atoms with Crippen LogP contribution in [0, 0.1) is 0 Å². The molecule has 17 heavy (non-hydrogen) atoms. The van der Waals surface area contributed by atoms with E-state index in [0.29, 0.717) is 18.8 Å². The van der Waals surface area contributed by atoms with E-state index in [1.807, 2.05) is 6.92 Å². The minimum absolute atomic E-state index is 0.209. The maximum absolute atomic E-state index is 11.4. The summed E-state index contributed by atoms with van der Waals surface area (Å²) in [7, 11) is 0. The Labute approximate surface area is 104 Å². The summed E-state index contributed by atoms with van der Waals surface area (Å²) < 4.78 is 10.3.